The monoisotopic (exact) mass is 307 g/mol. The number of rotatable bonds is 3. The fourth-order valence-corrected chi connectivity index (χ4v) is 2.70. The first-order chi connectivity index (χ1) is 11.1. The zero-order chi connectivity index (χ0) is 16.4. The summed E-state index contributed by atoms with van der Waals surface area (Å²) < 4.78 is 0. The highest BCUT2D eigenvalue weighted by Crippen LogP contribution is 2.32. The molecule has 6 heteroatoms. The molecule has 0 bridgehead atoms. The number of nitrogens with zero attached hydrogens (tertiary/aromatic N) is 3. The summed E-state index contributed by atoms with van der Waals surface area (Å²) in [7, 11) is 0. The molecule has 0 saturated carbocycles. The van der Waals surface area contributed by atoms with Crippen molar-refractivity contribution >= 4 is 17.3 Å². The molecule has 0 aliphatic carbocycles. The van der Waals surface area contributed by atoms with Crippen LogP contribution in [-0.4, -0.2) is 10.8 Å². The Morgan fingerprint density at radius 1 is 1.17 bits per heavy atom. The molecule has 3 rings (SSSR count). The van der Waals surface area contributed by atoms with Crippen LogP contribution in [0.4, 0.5) is 11.4 Å². The molecular formula is C17H13N3O3. The van der Waals surface area contributed by atoms with E-state index in [1.165, 1.54) is 12.1 Å². The zero-order valence-corrected chi connectivity index (χ0v) is 12.2. The van der Waals surface area contributed by atoms with Crippen LogP contribution in [0.2, 0.25) is 0 Å². The first-order valence-electron chi connectivity index (χ1n) is 7.15. The summed E-state index contributed by atoms with van der Waals surface area (Å²) in [6.45, 7) is 0.384. The summed E-state index contributed by atoms with van der Waals surface area (Å²) in [5.74, 6) is -0.00397. The second kappa shape index (κ2) is 5.89. The van der Waals surface area contributed by atoms with Gasteiger partial charge in [0.15, 0.2) is 0 Å². The normalized spacial score (nSPS) is 13.3. The van der Waals surface area contributed by atoms with E-state index in [0.29, 0.717) is 24.9 Å². The van der Waals surface area contributed by atoms with Gasteiger partial charge in [0.1, 0.15) is 0 Å². The molecule has 0 N–H and O–H groups in total. The van der Waals surface area contributed by atoms with Crippen molar-refractivity contribution in [2.45, 2.75) is 19.4 Å². The minimum Gasteiger partial charge on any atom is -0.308 e. The van der Waals surface area contributed by atoms with E-state index in [1.54, 1.807) is 23.1 Å². The maximum atomic E-state index is 12.2. The second-order valence-corrected chi connectivity index (χ2v) is 5.36. The lowest BCUT2D eigenvalue weighted by Gasteiger charge is -2.29. The summed E-state index contributed by atoms with van der Waals surface area (Å²) >= 11 is 0. The lowest BCUT2D eigenvalue weighted by molar-refractivity contribution is -0.384. The van der Waals surface area contributed by atoms with E-state index in [1.807, 2.05) is 12.1 Å². The quantitative estimate of drug-likeness (QED) is 0.644. The predicted octanol–water partition coefficient (Wildman–Crippen LogP) is 2.95. The number of nitro groups is 1. The lowest BCUT2D eigenvalue weighted by Crippen LogP contribution is -2.34. The molecule has 2 aromatic carbocycles. The zero-order valence-electron chi connectivity index (χ0n) is 12.2. The van der Waals surface area contributed by atoms with Gasteiger partial charge in [-0.25, -0.2) is 0 Å². The molecule has 1 aliphatic heterocycles. The molecule has 0 spiro atoms. The molecule has 2 aromatic rings. The Labute approximate surface area is 132 Å². The number of benzene rings is 2. The number of carbonyl (C=O) groups is 1. The van der Waals surface area contributed by atoms with Crippen molar-refractivity contribution < 1.29 is 9.72 Å². The van der Waals surface area contributed by atoms with Crippen LogP contribution in [0.3, 0.4) is 0 Å². The topological polar surface area (TPSA) is 87.2 Å². The summed E-state index contributed by atoms with van der Waals surface area (Å²) in [6, 6.07) is 13.7. The molecule has 114 valence electrons. The highest BCUT2D eigenvalue weighted by molar-refractivity contribution is 5.96. The third kappa shape index (κ3) is 2.90. The highest BCUT2D eigenvalue weighted by atomic mass is 16.6. The average Bonchev–Trinajstić information content (AvgIpc) is 2.57. The maximum Gasteiger partial charge on any atom is 0.269 e. The van der Waals surface area contributed by atoms with Crippen molar-refractivity contribution in [2.75, 3.05) is 4.90 Å². The Balaban J connectivity index is 1.92. The van der Waals surface area contributed by atoms with Crippen molar-refractivity contribution in [1.29, 1.82) is 5.26 Å². The molecule has 0 fully saturated rings. The maximum absolute atomic E-state index is 12.2. The van der Waals surface area contributed by atoms with E-state index in [2.05, 4.69) is 6.07 Å². The first-order valence-corrected chi connectivity index (χ1v) is 7.15. The van der Waals surface area contributed by atoms with Crippen molar-refractivity contribution in [3.8, 4) is 6.07 Å². The third-order valence-corrected chi connectivity index (χ3v) is 3.90. The largest absolute Gasteiger partial charge is 0.308 e. The molecule has 0 radical (unpaired) electrons. The Hall–Kier alpha value is -3.20. The van der Waals surface area contributed by atoms with Gasteiger partial charge in [-0.2, -0.15) is 5.26 Å². The van der Waals surface area contributed by atoms with E-state index < -0.39 is 4.92 Å². The Morgan fingerprint density at radius 3 is 2.57 bits per heavy atom. The molecule has 0 unspecified atom stereocenters. The Kier molecular flexibility index (Phi) is 3.77. The van der Waals surface area contributed by atoms with Gasteiger partial charge >= 0.3 is 0 Å². The number of carbonyl (C=O) groups excluding carboxylic acids is 1. The number of aryl methyl sites for hydroxylation is 1. The molecule has 1 aliphatic rings. The predicted molar refractivity (Wildman–Crippen MR) is 83.8 cm³/mol. The molecule has 23 heavy (non-hydrogen) atoms. The van der Waals surface area contributed by atoms with Gasteiger partial charge in [-0.05, 0) is 35.7 Å². The second-order valence-electron chi connectivity index (χ2n) is 5.36. The van der Waals surface area contributed by atoms with Crippen LogP contribution in [0.1, 0.15) is 23.1 Å². The van der Waals surface area contributed by atoms with Crippen LogP contribution in [0, 0.1) is 21.4 Å². The Morgan fingerprint density at radius 2 is 1.91 bits per heavy atom. The number of amides is 1. The number of non-ortho nitro benzene ring substituents is 1. The first kappa shape index (κ1) is 14.7. The van der Waals surface area contributed by atoms with E-state index in [-0.39, 0.29) is 11.6 Å². The van der Waals surface area contributed by atoms with E-state index >= 15 is 0 Å². The molecule has 1 heterocycles. The minimum atomic E-state index is -0.429. The van der Waals surface area contributed by atoms with Gasteiger partial charge in [0.25, 0.3) is 5.69 Å². The SMILES string of the molecule is N#Cc1ccc(CN2C(=O)CCc3cc([N+](=O)[O-])ccc32)cc1. The highest BCUT2D eigenvalue weighted by Gasteiger charge is 2.25. The average molecular weight is 307 g/mol. The van der Waals surface area contributed by atoms with Gasteiger partial charge in [-0.15, -0.1) is 0 Å². The number of hydrogen-bond donors (Lipinski definition) is 0. The van der Waals surface area contributed by atoms with Gasteiger partial charge in [-0.3, -0.25) is 14.9 Å². The molecule has 0 atom stereocenters. The molecule has 0 aromatic heterocycles. The third-order valence-electron chi connectivity index (χ3n) is 3.90. The van der Waals surface area contributed by atoms with Crippen LogP contribution < -0.4 is 4.90 Å². The van der Waals surface area contributed by atoms with Gasteiger partial charge in [0.2, 0.25) is 5.91 Å². The van der Waals surface area contributed by atoms with Crippen molar-refractivity contribution in [1.82, 2.24) is 0 Å². The van der Waals surface area contributed by atoms with E-state index in [9.17, 15) is 14.9 Å². The summed E-state index contributed by atoms with van der Waals surface area (Å²) in [5, 5.41) is 19.7. The number of anilines is 1. The fraction of sp³-hybridized carbons (Fsp3) is 0.176. The van der Waals surface area contributed by atoms with Gasteiger partial charge < -0.3 is 4.90 Å². The molecular weight excluding hydrogens is 294 g/mol. The van der Waals surface area contributed by atoms with Crippen LogP contribution in [0.25, 0.3) is 0 Å². The Bertz CT molecular complexity index is 822. The van der Waals surface area contributed by atoms with Gasteiger partial charge in [0.05, 0.1) is 23.1 Å². The van der Waals surface area contributed by atoms with Crippen LogP contribution in [0.5, 0.6) is 0 Å². The van der Waals surface area contributed by atoms with E-state index in [0.717, 1.165) is 16.8 Å². The number of fused-ring (bicyclic) bond motifs is 1. The van der Waals surface area contributed by atoms with E-state index in [4.69, 9.17) is 5.26 Å². The number of hydrogen-bond acceptors (Lipinski definition) is 4. The summed E-state index contributed by atoms with van der Waals surface area (Å²) in [6.07, 6.45) is 0.851. The van der Waals surface area contributed by atoms with Crippen molar-refractivity contribution in [2.24, 2.45) is 0 Å². The molecule has 0 saturated heterocycles. The number of nitriles is 1. The summed E-state index contributed by atoms with van der Waals surface area (Å²) in [5.41, 5.74) is 3.04. The minimum absolute atomic E-state index is 0.00397. The molecule has 6 nitrogen and oxygen atoms in total. The fourth-order valence-electron chi connectivity index (χ4n) is 2.70. The van der Waals surface area contributed by atoms with Gasteiger partial charge in [-0.1, -0.05) is 12.1 Å². The van der Waals surface area contributed by atoms with Crippen molar-refractivity contribution in [3.63, 3.8) is 0 Å². The number of nitro benzene ring substituents is 1. The van der Waals surface area contributed by atoms with Crippen LogP contribution >= 0.6 is 0 Å². The smallest absolute Gasteiger partial charge is 0.269 e. The summed E-state index contributed by atoms with van der Waals surface area (Å²) in [4.78, 5) is 24.3. The van der Waals surface area contributed by atoms with Crippen molar-refractivity contribution in [3.05, 3.63) is 69.3 Å². The molecule has 1 amide bonds. The standard InChI is InChI=1S/C17H13N3O3/c18-10-12-1-3-13(4-2-12)11-19-16-7-6-15(20(22)23)9-14(16)5-8-17(19)21/h1-4,6-7,9H,5,8,11H2. The van der Waals surface area contributed by atoms with Crippen LogP contribution in [0.15, 0.2) is 42.5 Å². The van der Waals surface area contributed by atoms with Crippen LogP contribution in [-0.2, 0) is 17.8 Å². The lowest BCUT2D eigenvalue weighted by atomic mass is 9.99. The van der Waals surface area contributed by atoms with Gasteiger partial charge in [0, 0.05) is 24.2 Å².